The SMILES string of the molecule is Cc1c(COc2ccc(CN)c(OCc3cccc(C#N)c3)c2)cccc1-c1ccc2c(c1)OCCO2. The lowest BCUT2D eigenvalue weighted by Crippen LogP contribution is -2.15. The molecule has 1 aliphatic heterocycles. The fourth-order valence-corrected chi connectivity index (χ4v) is 4.34. The second kappa shape index (κ2) is 11.1. The minimum Gasteiger partial charge on any atom is -0.489 e. The van der Waals surface area contributed by atoms with Crippen molar-refractivity contribution in [3.05, 3.63) is 107 Å². The van der Waals surface area contributed by atoms with E-state index in [9.17, 15) is 0 Å². The molecule has 0 unspecified atom stereocenters. The molecule has 0 fully saturated rings. The van der Waals surface area contributed by atoms with E-state index in [-0.39, 0.29) is 0 Å². The number of hydrogen-bond donors (Lipinski definition) is 1. The summed E-state index contributed by atoms with van der Waals surface area (Å²) in [5.41, 5.74) is 12.8. The molecule has 0 amide bonds. The van der Waals surface area contributed by atoms with Gasteiger partial charge in [0.1, 0.15) is 37.9 Å². The van der Waals surface area contributed by atoms with Gasteiger partial charge in [0.05, 0.1) is 11.6 Å². The van der Waals surface area contributed by atoms with Crippen LogP contribution in [-0.2, 0) is 19.8 Å². The van der Waals surface area contributed by atoms with E-state index < -0.39 is 0 Å². The van der Waals surface area contributed by atoms with Gasteiger partial charge >= 0.3 is 0 Å². The summed E-state index contributed by atoms with van der Waals surface area (Å²) in [5, 5.41) is 9.13. The molecule has 0 saturated carbocycles. The van der Waals surface area contributed by atoms with Crippen LogP contribution in [0.1, 0.15) is 27.8 Å². The van der Waals surface area contributed by atoms with E-state index in [2.05, 4.69) is 31.2 Å². The third-order valence-electron chi connectivity index (χ3n) is 6.40. The van der Waals surface area contributed by atoms with Crippen LogP contribution in [0.3, 0.4) is 0 Å². The van der Waals surface area contributed by atoms with Gasteiger partial charge in [-0.25, -0.2) is 0 Å². The van der Waals surface area contributed by atoms with Gasteiger partial charge in [0.25, 0.3) is 0 Å². The van der Waals surface area contributed by atoms with Crippen molar-refractivity contribution in [3.8, 4) is 40.2 Å². The van der Waals surface area contributed by atoms with Crippen molar-refractivity contribution in [2.75, 3.05) is 13.2 Å². The Balaban J connectivity index is 1.31. The first kappa shape index (κ1) is 24.2. The highest BCUT2D eigenvalue weighted by Gasteiger charge is 2.14. The van der Waals surface area contributed by atoms with Crippen LogP contribution in [0, 0.1) is 18.3 Å². The molecule has 0 aromatic heterocycles. The zero-order valence-corrected chi connectivity index (χ0v) is 20.7. The van der Waals surface area contributed by atoms with E-state index in [4.69, 9.17) is 29.9 Å². The van der Waals surface area contributed by atoms with Crippen molar-refractivity contribution in [1.29, 1.82) is 5.26 Å². The lowest BCUT2D eigenvalue weighted by Gasteiger charge is -2.20. The lowest BCUT2D eigenvalue weighted by atomic mass is 9.96. The molecule has 0 bridgehead atoms. The summed E-state index contributed by atoms with van der Waals surface area (Å²) in [7, 11) is 0. The number of hydrogen-bond acceptors (Lipinski definition) is 6. The van der Waals surface area contributed by atoms with Crippen LogP contribution < -0.4 is 24.7 Å². The predicted molar refractivity (Wildman–Crippen MR) is 142 cm³/mol. The van der Waals surface area contributed by atoms with Crippen LogP contribution in [0.2, 0.25) is 0 Å². The van der Waals surface area contributed by atoms with Gasteiger partial charge in [0, 0.05) is 18.2 Å². The average Bonchev–Trinajstić information content (AvgIpc) is 2.95. The normalized spacial score (nSPS) is 12.0. The Bertz CT molecular complexity index is 1460. The Morgan fingerprint density at radius 1 is 0.838 bits per heavy atom. The maximum absolute atomic E-state index is 9.13. The highest BCUT2D eigenvalue weighted by Crippen LogP contribution is 2.36. The van der Waals surface area contributed by atoms with E-state index >= 15 is 0 Å². The molecular weight excluding hydrogens is 464 g/mol. The first-order valence-electron chi connectivity index (χ1n) is 12.2. The van der Waals surface area contributed by atoms with Crippen molar-refractivity contribution in [3.63, 3.8) is 0 Å². The Morgan fingerprint density at radius 2 is 1.68 bits per heavy atom. The second-order valence-corrected chi connectivity index (χ2v) is 8.81. The number of nitrogens with zero attached hydrogens (tertiary/aromatic N) is 1. The van der Waals surface area contributed by atoms with Crippen LogP contribution >= 0.6 is 0 Å². The van der Waals surface area contributed by atoms with Gasteiger partial charge in [0.15, 0.2) is 11.5 Å². The van der Waals surface area contributed by atoms with Crippen molar-refractivity contribution in [1.82, 2.24) is 0 Å². The molecule has 0 radical (unpaired) electrons. The van der Waals surface area contributed by atoms with Crippen molar-refractivity contribution >= 4 is 0 Å². The number of fused-ring (bicyclic) bond motifs is 1. The topological polar surface area (TPSA) is 86.7 Å². The number of benzene rings is 4. The third-order valence-corrected chi connectivity index (χ3v) is 6.40. The number of ether oxygens (including phenoxy) is 4. The van der Waals surface area contributed by atoms with Gasteiger partial charge in [-0.15, -0.1) is 0 Å². The Kier molecular flexibility index (Phi) is 7.25. The van der Waals surface area contributed by atoms with Crippen molar-refractivity contribution in [2.24, 2.45) is 5.73 Å². The molecule has 1 heterocycles. The van der Waals surface area contributed by atoms with Crippen molar-refractivity contribution < 1.29 is 18.9 Å². The molecule has 5 rings (SSSR count). The van der Waals surface area contributed by atoms with Gasteiger partial charge in [-0.1, -0.05) is 42.5 Å². The van der Waals surface area contributed by atoms with E-state index in [0.29, 0.717) is 50.0 Å². The molecule has 4 aromatic rings. The third kappa shape index (κ3) is 5.53. The molecular formula is C31H28N2O4. The lowest BCUT2D eigenvalue weighted by molar-refractivity contribution is 0.171. The quantitative estimate of drug-likeness (QED) is 0.328. The molecule has 0 atom stereocenters. The minimum absolute atomic E-state index is 0.336. The average molecular weight is 493 g/mol. The molecule has 0 spiro atoms. The monoisotopic (exact) mass is 492 g/mol. The zero-order chi connectivity index (χ0) is 25.6. The smallest absolute Gasteiger partial charge is 0.161 e. The number of nitrogens with two attached hydrogens (primary N) is 1. The van der Waals surface area contributed by atoms with E-state index in [1.165, 1.54) is 0 Å². The molecule has 2 N–H and O–H groups in total. The molecule has 6 heteroatoms. The van der Waals surface area contributed by atoms with Gasteiger partial charge in [-0.2, -0.15) is 5.26 Å². The molecule has 0 aliphatic carbocycles. The summed E-state index contributed by atoms with van der Waals surface area (Å²) in [5.74, 6) is 2.92. The largest absolute Gasteiger partial charge is 0.489 e. The van der Waals surface area contributed by atoms with Crippen LogP contribution in [0.15, 0.2) is 78.9 Å². The fraction of sp³-hybridized carbons (Fsp3) is 0.194. The van der Waals surface area contributed by atoms with E-state index in [1.54, 1.807) is 6.07 Å². The highest BCUT2D eigenvalue weighted by molar-refractivity contribution is 5.71. The Morgan fingerprint density at radius 3 is 2.51 bits per heavy atom. The van der Waals surface area contributed by atoms with Gasteiger partial charge < -0.3 is 24.7 Å². The van der Waals surface area contributed by atoms with Crippen LogP contribution in [-0.4, -0.2) is 13.2 Å². The van der Waals surface area contributed by atoms with Crippen molar-refractivity contribution in [2.45, 2.75) is 26.7 Å². The van der Waals surface area contributed by atoms with E-state index in [1.807, 2.05) is 54.6 Å². The molecule has 6 nitrogen and oxygen atoms in total. The van der Waals surface area contributed by atoms with Crippen LogP contribution in [0.4, 0.5) is 0 Å². The highest BCUT2D eigenvalue weighted by atomic mass is 16.6. The Labute approximate surface area is 216 Å². The van der Waals surface area contributed by atoms with Crippen LogP contribution in [0.5, 0.6) is 23.0 Å². The first-order chi connectivity index (χ1) is 18.1. The molecule has 4 aromatic carbocycles. The second-order valence-electron chi connectivity index (χ2n) is 8.81. The van der Waals surface area contributed by atoms with Gasteiger partial charge in [-0.3, -0.25) is 0 Å². The number of nitriles is 1. The summed E-state index contributed by atoms with van der Waals surface area (Å²) in [6.45, 7) is 4.34. The first-order valence-corrected chi connectivity index (χ1v) is 12.2. The summed E-state index contributed by atoms with van der Waals surface area (Å²) >= 11 is 0. The standard InChI is InChI=1S/C31H28N2O4/c1-21-26(6-3-7-28(21)24-9-11-29-31(15-24)35-13-12-34-29)20-36-27-10-8-25(18-33)30(16-27)37-19-23-5-2-4-22(14-23)17-32/h2-11,14-16H,12-13,18-20,33H2,1H3. The predicted octanol–water partition coefficient (Wildman–Crippen LogP) is 5.92. The Hall–Kier alpha value is -4.47. The number of rotatable bonds is 8. The minimum atomic E-state index is 0.336. The maximum atomic E-state index is 9.13. The summed E-state index contributed by atoms with van der Waals surface area (Å²) in [6, 6.07) is 27.5. The van der Waals surface area contributed by atoms with Gasteiger partial charge in [0.2, 0.25) is 0 Å². The van der Waals surface area contributed by atoms with Crippen LogP contribution in [0.25, 0.3) is 11.1 Å². The zero-order valence-electron chi connectivity index (χ0n) is 20.7. The molecule has 1 aliphatic rings. The van der Waals surface area contributed by atoms with Gasteiger partial charge in [-0.05, 0) is 65.1 Å². The fourth-order valence-electron chi connectivity index (χ4n) is 4.34. The van der Waals surface area contributed by atoms with E-state index in [0.717, 1.165) is 44.9 Å². The molecule has 37 heavy (non-hydrogen) atoms. The maximum Gasteiger partial charge on any atom is 0.161 e. The molecule has 186 valence electrons. The molecule has 0 saturated heterocycles. The summed E-state index contributed by atoms with van der Waals surface area (Å²) in [4.78, 5) is 0. The summed E-state index contributed by atoms with van der Waals surface area (Å²) < 4.78 is 23.7. The summed E-state index contributed by atoms with van der Waals surface area (Å²) in [6.07, 6.45) is 0.